The Morgan fingerprint density at radius 1 is 0.867 bits per heavy atom. The molecule has 0 bridgehead atoms. The quantitative estimate of drug-likeness (QED) is 0.368. The van der Waals surface area contributed by atoms with Gasteiger partial charge in [-0.2, -0.15) is 0 Å². The molecule has 0 aliphatic rings. The normalized spacial score (nSPS) is 12.3. The first-order chi connectivity index (χ1) is 14.7. The summed E-state index contributed by atoms with van der Waals surface area (Å²) < 4.78 is 11.9. The van der Waals surface area contributed by atoms with Crippen LogP contribution < -0.4 is 10.1 Å². The third-order valence-electron chi connectivity index (χ3n) is 5.31. The second-order valence-electron chi connectivity index (χ2n) is 7.32. The van der Waals surface area contributed by atoms with E-state index in [-0.39, 0.29) is 5.91 Å². The van der Waals surface area contributed by atoms with Gasteiger partial charge in [-0.3, -0.25) is 4.79 Å². The van der Waals surface area contributed by atoms with Crippen LogP contribution in [0.5, 0.6) is 5.75 Å². The predicted octanol–water partition coefficient (Wildman–Crippen LogP) is 6.54. The second kappa shape index (κ2) is 7.56. The predicted molar refractivity (Wildman–Crippen MR) is 121 cm³/mol. The summed E-state index contributed by atoms with van der Waals surface area (Å²) in [7, 11) is 0. The molecule has 0 saturated carbocycles. The molecule has 5 rings (SSSR count). The number of hydrogen-bond donors (Lipinski definition) is 1. The lowest BCUT2D eigenvalue weighted by molar-refractivity contribution is -0.122. The molecule has 0 aliphatic heterocycles. The van der Waals surface area contributed by atoms with Gasteiger partial charge in [0.2, 0.25) is 0 Å². The van der Waals surface area contributed by atoms with E-state index in [1.807, 2.05) is 85.8 Å². The minimum absolute atomic E-state index is 0.180. The summed E-state index contributed by atoms with van der Waals surface area (Å²) in [5, 5.41) is 7.28. The maximum absolute atomic E-state index is 12.9. The SMILES string of the molecule is CC[C@H](Oc1ccc2ccccc2c1)C(=O)Nc1ccc2c(c1)oc1ccccc12. The van der Waals surface area contributed by atoms with Gasteiger partial charge < -0.3 is 14.5 Å². The van der Waals surface area contributed by atoms with E-state index in [4.69, 9.17) is 9.15 Å². The first-order valence-corrected chi connectivity index (χ1v) is 10.1. The largest absolute Gasteiger partial charge is 0.481 e. The summed E-state index contributed by atoms with van der Waals surface area (Å²) >= 11 is 0. The first kappa shape index (κ1) is 18.3. The maximum Gasteiger partial charge on any atom is 0.265 e. The van der Waals surface area contributed by atoms with Crippen LogP contribution >= 0.6 is 0 Å². The fourth-order valence-corrected chi connectivity index (χ4v) is 3.75. The van der Waals surface area contributed by atoms with Gasteiger partial charge >= 0.3 is 0 Å². The van der Waals surface area contributed by atoms with Crippen molar-refractivity contribution in [1.82, 2.24) is 0 Å². The van der Waals surface area contributed by atoms with Gasteiger partial charge in [-0.1, -0.05) is 55.5 Å². The van der Waals surface area contributed by atoms with Crippen LogP contribution in [0.4, 0.5) is 5.69 Å². The van der Waals surface area contributed by atoms with E-state index in [0.29, 0.717) is 17.9 Å². The van der Waals surface area contributed by atoms with Gasteiger partial charge in [-0.05, 0) is 47.5 Å². The summed E-state index contributed by atoms with van der Waals surface area (Å²) in [5.41, 5.74) is 2.27. The zero-order chi connectivity index (χ0) is 20.5. The third kappa shape index (κ3) is 3.37. The third-order valence-corrected chi connectivity index (χ3v) is 5.31. The highest BCUT2D eigenvalue weighted by atomic mass is 16.5. The van der Waals surface area contributed by atoms with E-state index in [0.717, 1.165) is 32.7 Å². The van der Waals surface area contributed by atoms with Crippen LogP contribution in [-0.2, 0) is 4.79 Å². The van der Waals surface area contributed by atoms with Crippen molar-refractivity contribution < 1.29 is 13.9 Å². The van der Waals surface area contributed by atoms with Gasteiger partial charge in [0.15, 0.2) is 6.10 Å². The molecule has 1 aromatic heterocycles. The van der Waals surface area contributed by atoms with Crippen molar-refractivity contribution in [3.63, 3.8) is 0 Å². The van der Waals surface area contributed by atoms with Gasteiger partial charge in [0.25, 0.3) is 5.91 Å². The lowest BCUT2D eigenvalue weighted by Gasteiger charge is -2.17. The van der Waals surface area contributed by atoms with Crippen LogP contribution in [0.2, 0.25) is 0 Å². The standard InChI is InChI=1S/C26H21NO3/c1-2-23(29-20-13-11-17-7-3-4-8-18(17)15-20)26(28)27-19-12-14-22-21-9-5-6-10-24(21)30-25(22)16-19/h3-16,23H,2H2,1H3,(H,27,28)/t23-/m0/s1. The topological polar surface area (TPSA) is 51.5 Å². The number of carbonyl (C=O) groups excluding carboxylic acids is 1. The highest BCUT2D eigenvalue weighted by molar-refractivity contribution is 6.06. The van der Waals surface area contributed by atoms with Crippen LogP contribution in [-0.4, -0.2) is 12.0 Å². The molecule has 0 fully saturated rings. The van der Waals surface area contributed by atoms with E-state index in [1.165, 1.54) is 0 Å². The summed E-state index contributed by atoms with van der Waals surface area (Å²) in [6.07, 6.45) is -0.0246. The molecular weight excluding hydrogens is 374 g/mol. The van der Waals surface area contributed by atoms with Crippen LogP contribution in [0.15, 0.2) is 89.3 Å². The number of para-hydroxylation sites is 1. The van der Waals surface area contributed by atoms with Crippen LogP contribution in [0.3, 0.4) is 0 Å². The number of anilines is 1. The molecule has 0 unspecified atom stereocenters. The number of fused-ring (bicyclic) bond motifs is 4. The molecule has 0 saturated heterocycles. The fraction of sp³-hybridized carbons (Fsp3) is 0.115. The summed E-state index contributed by atoms with van der Waals surface area (Å²) in [6, 6.07) is 27.6. The monoisotopic (exact) mass is 395 g/mol. The zero-order valence-electron chi connectivity index (χ0n) is 16.6. The number of hydrogen-bond acceptors (Lipinski definition) is 3. The average molecular weight is 395 g/mol. The Morgan fingerprint density at radius 2 is 1.63 bits per heavy atom. The van der Waals surface area contributed by atoms with Crippen molar-refractivity contribution in [1.29, 1.82) is 0 Å². The Bertz CT molecular complexity index is 1370. The van der Waals surface area contributed by atoms with Crippen molar-refractivity contribution in [3.8, 4) is 5.75 Å². The first-order valence-electron chi connectivity index (χ1n) is 10.1. The minimum atomic E-state index is -0.586. The minimum Gasteiger partial charge on any atom is -0.481 e. The van der Waals surface area contributed by atoms with Crippen LogP contribution in [0.25, 0.3) is 32.7 Å². The molecule has 1 N–H and O–H groups in total. The molecule has 1 atom stereocenters. The van der Waals surface area contributed by atoms with E-state index >= 15 is 0 Å². The van der Waals surface area contributed by atoms with Gasteiger partial charge in [-0.15, -0.1) is 0 Å². The maximum atomic E-state index is 12.9. The zero-order valence-corrected chi connectivity index (χ0v) is 16.6. The van der Waals surface area contributed by atoms with Crippen molar-refractivity contribution in [2.75, 3.05) is 5.32 Å². The number of benzene rings is 4. The van der Waals surface area contributed by atoms with E-state index in [1.54, 1.807) is 0 Å². The van der Waals surface area contributed by atoms with E-state index < -0.39 is 6.10 Å². The van der Waals surface area contributed by atoms with Crippen molar-refractivity contribution in [2.45, 2.75) is 19.4 Å². The molecule has 0 spiro atoms. The smallest absolute Gasteiger partial charge is 0.265 e. The molecule has 30 heavy (non-hydrogen) atoms. The van der Waals surface area contributed by atoms with E-state index in [9.17, 15) is 4.79 Å². The summed E-state index contributed by atoms with van der Waals surface area (Å²) in [5.74, 6) is 0.504. The van der Waals surface area contributed by atoms with Crippen LogP contribution in [0.1, 0.15) is 13.3 Å². The second-order valence-corrected chi connectivity index (χ2v) is 7.32. The molecule has 0 radical (unpaired) electrons. The molecule has 4 nitrogen and oxygen atoms in total. The Kier molecular flexibility index (Phi) is 4.60. The Hall–Kier alpha value is -3.79. The summed E-state index contributed by atoms with van der Waals surface area (Å²) in [4.78, 5) is 12.9. The lowest BCUT2D eigenvalue weighted by atomic mass is 10.1. The van der Waals surface area contributed by atoms with Gasteiger partial charge in [0, 0.05) is 22.5 Å². The highest BCUT2D eigenvalue weighted by Gasteiger charge is 2.19. The van der Waals surface area contributed by atoms with E-state index in [2.05, 4.69) is 11.4 Å². The molecule has 4 heteroatoms. The Labute approximate surface area is 174 Å². The van der Waals surface area contributed by atoms with Gasteiger partial charge in [-0.25, -0.2) is 0 Å². The van der Waals surface area contributed by atoms with Gasteiger partial charge in [0.05, 0.1) is 0 Å². The average Bonchev–Trinajstić information content (AvgIpc) is 3.15. The molecular formula is C26H21NO3. The molecule has 0 aliphatic carbocycles. The number of furan rings is 1. The molecule has 4 aromatic carbocycles. The Morgan fingerprint density at radius 3 is 2.50 bits per heavy atom. The molecule has 1 heterocycles. The summed E-state index contributed by atoms with van der Waals surface area (Å²) in [6.45, 7) is 1.94. The fourth-order valence-electron chi connectivity index (χ4n) is 3.75. The van der Waals surface area contributed by atoms with Crippen molar-refractivity contribution in [2.24, 2.45) is 0 Å². The number of carbonyl (C=O) groups is 1. The Balaban J connectivity index is 1.36. The lowest BCUT2D eigenvalue weighted by Crippen LogP contribution is -2.32. The van der Waals surface area contributed by atoms with Crippen LogP contribution in [0, 0.1) is 0 Å². The molecule has 5 aromatic rings. The number of amides is 1. The number of rotatable bonds is 5. The number of nitrogens with one attached hydrogen (secondary N) is 1. The highest BCUT2D eigenvalue weighted by Crippen LogP contribution is 2.30. The van der Waals surface area contributed by atoms with Gasteiger partial charge in [0.1, 0.15) is 16.9 Å². The van der Waals surface area contributed by atoms with Crippen molar-refractivity contribution >= 4 is 44.3 Å². The molecule has 148 valence electrons. The number of ether oxygens (including phenoxy) is 1. The van der Waals surface area contributed by atoms with Crippen molar-refractivity contribution in [3.05, 3.63) is 84.9 Å². The molecule has 1 amide bonds.